The van der Waals surface area contributed by atoms with Crippen molar-refractivity contribution >= 4 is 5.69 Å². The Labute approximate surface area is 125 Å². The predicted molar refractivity (Wildman–Crippen MR) is 88.0 cm³/mol. The summed E-state index contributed by atoms with van der Waals surface area (Å²) in [7, 11) is 0. The number of nitrogens with one attached hydrogen (secondary N) is 1. The van der Waals surface area contributed by atoms with E-state index in [9.17, 15) is 4.39 Å². The molecule has 0 fully saturated rings. The first kappa shape index (κ1) is 16.6. The average molecular weight is 287 g/mol. The fourth-order valence-corrected chi connectivity index (χ4v) is 1.81. The molecule has 112 valence electrons. The number of hydrogen-bond acceptors (Lipinski definition) is 3. The predicted octanol–water partition coefficient (Wildman–Crippen LogP) is 3.73. The molecule has 1 rings (SSSR count). The Balaban J connectivity index is 3.13. The molecule has 0 aromatic heterocycles. The van der Waals surface area contributed by atoms with Crippen molar-refractivity contribution in [3.63, 3.8) is 0 Å². The van der Waals surface area contributed by atoms with Crippen molar-refractivity contribution in [2.24, 2.45) is 11.5 Å². The van der Waals surface area contributed by atoms with E-state index in [1.807, 2.05) is 24.3 Å². The molecule has 0 aliphatic carbocycles. The van der Waals surface area contributed by atoms with Gasteiger partial charge in [0.25, 0.3) is 0 Å². The van der Waals surface area contributed by atoms with Gasteiger partial charge in [-0.25, -0.2) is 4.39 Å². The van der Waals surface area contributed by atoms with E-state index in [1.165, 1.54) is 11.6 Å². The standard InChI is InChI=1S/C17H22FN3/c1-5-14-7-6-8-15(9-14)21-13(4)16(11(2)19)10-17(18)12(3)20/h6-10,21H,2-3,5,19-20H2,1,4H3/b16-13-,17-10+. The van der Waals surface area contributed by atoms with Crippen LogP contribution >= 0.6 is 0 Å². The molecular formula is C17H22FN3. The SMILES string of the molecule is C=C(N)C(/C=C(/F)C(=C)N)=C(/C)Nc1cccc(CC)c1. The maximum absolute atomic E-state index is 13.6. The second-order valence-electron chi connectivity index (χ2n) is 4.76. The van der Waals surface area contributed by atoms with Crippen LogP contribution in [0.25, 0.3) is 0 Å². The third kappa shape index (κ3) is 4.84. The van der Waals surface area contributed by atoms with Crippen molar-refractivity contribution in [1.29, 1.82) is 0 Å². The third-order valence-electron chi connectivity index (χ3n) is 2.99. The summed E-state index contributed by atoms with van der Waals surface area (Å²) in [4.78, 5) is 0. The normalized spacial score (nSPS) is 12.6. The van der Waals surface area contributed by atoms with Gasteiger partial charge in [-0.05, 0) is 37.1 Å². The molecule has 3 nitrogen and oxygen atoms in total. The van der Waals surface area contributed by atoms with Gasteiger partial charge in [0.05, 0.1) is 5.70 Å². The Morgan fingerprint density at radius 3 is 2.48 bits per heavy atom. The first-order valence-electron chi connectivity index (χ1n) is 6.68. The molecule has 0 spiro atoms. The maximum Gasteiger partial charge on any atom is 0.146 e. The van der Waals surface area contributed by atoms with Crippen LogP contribution in [-0.4, -0.2) is 0 Å². The van der Waals surface area contributed by atoms with Crippen LogP contribution in [0.1, 0.15) is 19.4 Å². The first-order chi connectivity index (χ1) is 9.85. The van der Waals surface area contributed by atoms with E-state index in [1.54, 1.807) is 6.92 Å². The van der Waals surface area contributed by atoms with E-state index in [2.05, 4.69) is 25.4 Å². The van der Waals surface area contributed by atoms with Crippen LogP contribution < -0.4 is 16.8 Å². The van der Waals surface area contributed by atoms with Gasteiger partial charge >= 0.3 is 0 Å². The van der Waals surface area contributed by atoms with E-state index in [4.69, 9.17) is 11.5 Å². The van der Waals surface area contributed by atoms with E-state index >= 15 is 0 Å². The fourth-order valence-electron chi connectivity index (χ4n) is 1.81. The summed E-state index contributed by atoms with van der Waals surface area (Å²) in [6.07, 6.45) is 2.17. The minimum Gasteiger partial charge on any atom is -0.399 e. The number of hydrogen-bond donors (Lipinski definition) is 3. The summed E-state index contributed by atoms with van der Waals surface area (Å²) in [5.41, 5.74) is 14.4. The van der Waals surface area contributed by atoms with Crippen molar-refractivity contribution in [2.75, 3.05) is 5.32 Å². The van der Waals surface area contributed by atoms with Gasteiger partial charge in [0.15, 0.2) is 0 Å². The lowest BCUT2D eigenvalue weighted by molar-refractivity contribution is 0.648. The topological polar surface area (TPSA) is 64.1 Å². The van der Waals surface area contributed by atoms with Gasteiger partial charge in [0.2, 0.25) is 0 Å². The number of allylic oxidation sites excluding steroid dienone is 3. The molecule has 4 heteroatoms. The molecular weight excluding hydrogens is 265 g/mol. The molecule has 0 heterocycles. The molecule has 0 amide bonds. The van der Waals surface area contributed by atoms with Crippen molar-refractivity contribution in [3.8, 4) is 0 Å². The average Bonchev–Trinajstić information content (AvgIpc) is 2.43. The van der Waals surface area contributed by atoms with Crippen LogP contribution in [0.15, 0.2) is 72.0 Å². The fraction of sp³-hybridized carbons (Fsp3) is 0.176. The van der Waals surface area contributed by atoms with E-state index in [0.29, 0.717) is 11.3 Å². The second-order valence-corrected chi connectivity index (χ2v) is 4.76. The van der Waals surface area contributed by atoms with Crippen LogP contribution in [0.3, 0.4) is 0 Å². The highest BCUT2D eigenvalue weighted by Gasteiger charge is 2.06. The monoisotopic (exact) mass is 287 g/mol. The van der Waals surface area contributed by atoms with Crippen molar-refractivity contribution in [2.45, 2.75) is 20.3 Å². The molecule has 0 atom stereocenters. The Hall–Kier alpha value is -2.49. The number of aryl methyl sites for hydroxylation is 1. The van der Waals surface area contributed by atoms with E-state index in [0.717, 1.165) is 12.1 Å². The van der Waals surface area contributed by atoms with Crippen LogP contribution in [0.4, 0.5) is 10.1 Å². The molecule has 0 aliphatic heterocycles. The minimum atomic E-state index is -0.625. The number of rotatable bonds is 6. The molecule has 0 saturated carbocycles. The summed E-state index contributed by atoms with van der Waals surface area (Å²) in [5, 5.41) is 3.20. The van der Waals surface area contributed by atoms with Crippen molar-refractivity contribution in [3.05, 3.63) is 77.6 Å². The highest BCUT2D eigenvalue weighted by molar-refractivity contribution is 5.54. The molecule has 5 N–H and O–H groups in total. The van der Waals surface area contributed by atoms with Crippen LogP contribution in [-0.2, 0) is 6.42 Å². The van der Waals surface area contributed by atoms with Gasteiger partial charge < -0.3 is 16.8 Å². The smallest absolute Gasteiger partial charge is 0.146 e. The van der Waals surface area contributed by atoms with Gasteiger partial charge in [0, 0.05) is 22.7 Å². The molecule has 0 saturated heterocycles. The summed E-state index contributed by atoms with van der Waals surface area (Å²) in [6.45, 7) is 10.9. The summed E-state index contributed by atoms with van der Waals surface area (Å²) < 4.78 is 13.6. The van der Waals surface area contributed by atoms with E-state index < -0.39 is 5.83 Å². The zero-order valence-corrected chi connectivity index (χ0v) is 12.5. The Morgan fingerprint density at radius 1 is 1.29 bits per heavy atom. The lowest BCUT2D eigenvalue weighted by atomic mass is 10.1. The highest BCUT2D eigenvalue weighted by Crippen LogP contribution is 2.19. The second kappa shape index (κ2) is 7.33. The van der Waals surface area contributed by atoms with Crippen LogP contribution in [0.5, 0.6) is 0 Å². The van der Waals surface area contributed by atoms with Crippen LogP contribution in [0.2, 0.25) is 0 Å². The van der Waals surface area contributed by atoms with Gasteiger partial charge in [-0.2, -0.15) is 0 Å². The highest BCUT2D eigenvalue weighted by atomic mass is 19.1. The van der Waals surface area contributed by atoms with Gasteiger partial charge in [-0.1, -0.05) is 32.2 Å². The number of benzene rings is 1. The Bertz CT molecular complexity index is 612. The molecule has 0 bridgehead atoms. The summed E-state index contributed by atoms with van der Waals surface area (Å²) >= 11 is 0. The number of nitrogens with two attached hydrogens (primary N) is 2. The lowest BCUT2D eigenvalue weighted by Crippen LogP contribution is -2.07. The number of anilines is 1. The van der Waals surface area contributed by atoms with Gasteiger partial charge in [-0.15, -0.1) is 0 Å². The number of halogens is 1. The lowest BCUT2D eigenvalue weighted by Gasteiger charge is -2.13. The Morgan fingerprint density at radius 2 is 1.95 bits per heavy atom. The molecule has 0 aliphatic rings. The van der Waals surface area contributed by atoms with E-state index in [-0.39, 0.29) is 11.4 Å². The Kier molecular flexibility index (Phi) is 5.79. The summed E-state index contributed by atoms with van der Waals surface area (Å²) in [6, 6.07) is 7.97. The van der Waals surface area contributed by atoms with Gasteiger partial charge in [0.1, 0.15) is 5.83 Å². The molecule has 0 radical (unpaired) electrons. The van der Waals surface area contributed by atoms with Crippen molar-refractivity contribution < 1.29 is 4.39 Å². The zero-order chi connectivity index (χ0) is 16.0. The van der Waals surface area contributed by atoms with Crippen molar-refractivity contribution in [1.82, 2.24) is 0 Å². The maximum atomic E-state index is 13.6. The largest absolute Gasteiger partial charge is 0.399 e. The quantitative estimate of drug-likeness (QED) is 0.698. The molecule has 21 heavy (non-hydrogen) atoms. The molecule has 1 aromatic rings. The molecule has 1 aromatic carbocycles. The van der Waals surface area contributed by atoms with Gasteiger partial charge in [-0.3, -0.25) is 0 Å². The third-order valence-corrected chi connectivity index (χ3v) is 2.99. The minimum absolute atomic E-state index is 0.144. The molecule has 0 unspecified atom stereocenters. The summed E-state index contributed by atoms with van der Waals surface area (Å²) in [5.74, 6) is -0.625. The first-order valence-corrected chi connectivity index (χ1v) is 6.68. The van der Waals surface area contributed by atoms with Crippen LogP contribution in [0, 0.1) is 0 Å². The zero-order valence-electron chi connectivity index (χ0n) is 12.5.